The van der Waals surface area contributed by atoms with Gasteiger partial charge in [-0.25, -0.2) is 0 Å². The smallest absolute Gasteiger partial charge is 0.226 e. The van der Waals surface area contributed by atoms with Crippen molar-refractivity contribution in [2.75, 3.05) is 31.1 Å². The summed E-state index contributed by atoms with van der Waals surface area (Å²) in [5.74, 6) is 0.927. The number of aromatic nitrogens is 3. The molecule has 0 radical (unpaired) electrons. The van der Waals surface area contributed by atoms with Gasteiger partial charge in [-0.1, -0.05) is 35.7 Å². The molecular weight excluding hydrogens is 453 g/mol. The van der Waals surface area contributed by atoms with Crippen LogP contribution in [0.5, 0.6) is 0 Å². The number of halogens is 3. The highest BCUT2D eigenvalue weighted by Gasteiger charge is 2.27. The molecule has 5 rings (SSSR count). The van der Waals surface area contributed by atoms with Gasteiger partial charge in [0.25, 0.3) is 0 Å². The molecule has 0 atom stereocenters. The van der Waals surface area contributed by atoms with Crippen molar-refractivity contribution in [3.8, 4) is 0 Å². The van der Waals surface area contributed by atoms with E-state index in [2.05, 4.69) is 25.8 Å². The second kappa shape index (κ2) is 9.14. The predicted octanol–water partition coefficient (Wildman–Crippen LogP) is 5.89. The van der Waals surface area contributed by atoms with Gasteiger partial charge in [-0.05, 0) is 68.6 Å². The first-order chi connectivity index (χ1) is 15.1. The molecule has 2 saturated heterocycles. The van der Waals surface area contributed by atoms with Gasteiger partial charge < -0.3 is 14.4 Å². The molecule has 2 aromatic heterocycles. The fourth-order valence-corrected chi connectivity index (χ4v) is 5.65. The minimum Gasteiger partial charge on any atom is -0.356 e. The molecular formula is C23H26Cl3N5. The first-order valence-corrected chi connectivity index (χ1v) is 12.2. The minimum absolute atomic E-state index is 0.269. The highest BCUT2D eigenvalue weighted by atomic mass is 35.5. The summed E-state index contributed by atoms with van der Waals surface area (Å²) in [5.41, 5.74) is 1.69. The topological polar surface area (TPSA) is 37.2 Å². The largest absolute Gasteiger partial charge is 0.356 e. The maximum absolute atomic E-state index is 6.39. The second-order valence-corrected chi connectivity index (χ2v) is 9.66. The van der Waals surface area contributed by atoms with E-state index in [1.165, 1.54) is 45.2 Å². The van der Waals surface area contributed by atoms with Crippen LogP contribution in [0.4, 0.5) is 5.82 Å². The van der Waals surface area contributed by atoms with Gasteiger partial charge in [-0.2, -0.15) is 9.97 Å². The summed E-state index contributed by atoms with van der Waals surface area (Å²) in [4.78, 5) is 14.2. The molecule has 0 unspecified atom stereocenters. The Morgan fingerprint density at radius 2 is 1.58 bits per heavy atom. The average Bonchev–Trinajstić information content (AvgIpc) is 3.19. The fraction of sp³-hybridized carbons (Fsp3) is 0.478. The van der Waals surface area contributed by atoms with Gasteiger partial charge in [0.1, 0.15) is 11.5 Å². The van der Waals surface area contributed by atoms with Crippen LogP contribution in [0.1, 0.15) is 37.7 Å². The van der Waals surface area contributed by atoms with Crippen molar-refractivity contribution in [2.24, 2.45) is 0 Å². The number of hydrogen-bond acceptors (Lipinski definition) is 4. The van der Waals surface area contributed by atoms with E-state index >= 15 is 0 Å². The fourth-order valence-electron chi connectivity index (χ4n) is 4.97. The summed E-state index contributed by atoms with van der Waals surface area (Å²) in [6, 6.07) is 8.33. The van der Waals surface area contributed by atoms with Crippen LogP contribution in [0.2, 0.25) is 15.3 Å². The summed E-state index contributed by atoms with van der Waals surface area (Å²) < 4.78 is 2.04. The van der Waals surface area contributed by atoms with E-state index < -0.39 is 0 Å². The Hall–Kier alpha value is -1.53. The number of anilines is 1. The number of rotatable bonds is 4. The second-order valence-electron chi connectivity index (χ2n) is 8.51. The number of likely N-dealkylation sites (tertiary alicyclic amines) is 1. The SMILES string of the molecule is Clc1nc(N2CCC(N3CCCCC3)CC2)c2ccn(Cc3c(Cl)cccc3Cl)c2n1. The molecule has 0 bridgehead atoms. The summed E-state index contributed by atoms with van der Waals surface area (Å²) in [6.45, 7) is 5.02. The molecule has 2 aliphatic rings. The van der Waals surface area contributed by atoms with Crippen LogP contribution in [0.15, 0.2) is 30.5 Å². The van der Waals surface area contributed by atoms with Gasteiger partial charge in [0, 0.05) is 40.9 Å². The lowest BCUT2D eigenvalue weighted by molar-refractivity contribution is 0.141. The van der Waals surface area contributed by atoms with Crippen molar-refractivity contribution in [3.05, 3.63) is 51.4 Å². The normalized spacial score (nSPS) is 18.7. The Bertz CT molecular complexity index is 1050. The molecule has 0 aliphatic carbocycles. The predicted molar refractivity (Wildman–Crippen MR) is 129 cm³/mol. The van der Waals surface area contributed by atoms with Crippen LogP contribution >= 0.6 is 34.8 Å². The third-order valence-corrected chi connectivity index (χ3v) is 7.51. The van der Waals surface area contributed by atoms with E-state index in [4.69, 9.17) is 34.8 Å². The first-order valence-electron chi connectivity index (χ1n) is 11.0. The van der Waals surface area contributed by atoms with Crippen LogP contribution < -0.4 is 4.90 Å². The van der Waals surface area contributed by atoms with E-state index in [-0.39, 0.29) is 5.28 Å². The molecule has 8 heteroatoms. The van der Waals surface area contributed by atoms with Crippen molar-refractivity contribution in [3.63, 3.8) is 0 Å². The molecule has 164 valence electrons. The van der Waals surface area contributed by atoms with Crippen molar-refractivity contribution >= 4 is 51.7 Å². The first kappa shape index (κ1) is 21.3. The quantitative estimate of drug-likeness (QED) is 0.438. The number of benzene rings is 1. The Balaban J connectivity index is 1.39. The number of piperidine rings is 2. The maximum atomic E-state index is 6.39. The van der Waals surface area contributed by atoms with Gasteiger partial charge in [0.15, 0.2) is 0 Å². The minimum atomic E-state index is 0.269. The third kappa shape index (κ3) is 4.38. The van der Waals surface area contributed by atoms with E-state index in [9.17, 15) is 0 Å². The highest BCUT2D eigenvalue weighted by Crippen LogP contribution is 2.32. The molecule has 4 heterocycles. The van der Waals surface area contributed by atoms with E-state index in [0.717, 1.165) is 35.5 Å². The lowest BCUT2D eigenvalue weighted by Crippen LogP contribution is -2.47. The van der Waals surface area contributed by atoms with Crippen molar-refractivity contribution in [1.29, 1.82) is 0 Å². The molecule has 5 nitrogen and oxygen atoms in total. The van der Waals surface area contributed by atoms with Crippen LogP contribution in [0.25, 0.3) is 11.0 Å². The van der Waals surface area contributed by atoms with E-state index in [0.29, 0.717) is 22.6 Å². The van der Waals surface area contributed by atoms with Gasteiger partial charge in [0.2, 0.25) is 5.28 Å². The highest BCUT2D eigenvalue weighted by molar-refractivity contribution is 6.36. The van der Waals surface area contributed by atoms with E-state index in [1.807, 2.05) is 29.0 Å². The summed E-state index contributed by atoms with van der Waals surface area (Å²) in [6.07, 6.45) is 8.40. The van der Waals surface area contributed by atoms with Crippen molar-refractivity contribution < 1.29 is 0 Å². The molecule has 31 heavy (non-hydrogen) atoms. The Kier molecular flexibility index (Phi) is 6.29. The Morgan fingerprint density at radius 1 is 0.871 bits per heavy atom. The summed E-state index contributed by atoms with van der Waals surface area (Å²) in [5, 5.41) is 2.58. The lowest BCUT2D eigenvalue weighted by Gasteiger charge is -2.40. The van der Waals surface area contributed by atoms with Crippen molar-refractivity contribution in [2.45, 2.75) is 44.7 Å². The molecule has 2 aliphatic heterocycles. The van der Waals surface area contributed by atoms with Crippen LogP contribution in [-0.2, 0) is 6.54 Å². The Morgan fingerprint density at radius 3 is 2.29 bits per heavy atom. The third-order valence-electron chi connectivity index (χ3n) is 6.63. The maximum Gasteiger partial charge on any atom is 0.226 e. The lowest BCUT2D eigenvalue weighted by atomic mass is 10.00. The number of fused-ring (bicyclic) bond motifs is 1. The van der Waals surface area contributed by atoms with Crippen LogP contribution in [-0.4, -0.2) is 51.7 Å². The van der Waals surface area contributed by atoms with Crippen LogP contribution in [0.3, 0.4) is 0 Å². The molecule has 2 fully saturated rings. The van der Waals surface area contributed by atoms with Crippen molar-refractivity contribution in [1.82, 2.24) is 19.4 Å². The summed E-state index contributed by atoms with van der Waals surface area (Å²) >= 11 is 19.1. The number of nitrogens with zero attached hydrogens (tertiary/aromatic N) is 5. The average molecular weight is 479 g/mol. The van der Waals surface area contributed by atoms with Gasteiger partial charge in [-0.15, -0.1) is 0 Å². The number of hydrogen-bond donors (Lipinski definition) is 0. The van der Waals surface area contributed by atoms with Gasteiger partial charge in [0.05, 0.1) is 11.9 Å². The molecule has 1 aromatic carbocycles. The zero-order valence-corrected chi connectivity index (χ0v) is 19.7. The zero-order chi connectivity index (χ0) is 21.4. The molecule has 0 saturated carbocycles. The molecule has 0 spiro atoms. The summed E-state index contributed by atoms with van der Waals surface area (Å²) in [7, 11) is 0. The van der Waals surface area contributed by atoms with Gasteiger partial charge in [-0.3, -0.25) is 0 Å². The van der Waals surface area contributed by atoms with Gasteiger partial charge >= 0.3 is 0 Å². The van der Waals surface area contributed by atoms with Crippen LogP contribution in [0, 0.1) is 0 Å². The standard InChI is InChI=1S/C23H26Cl3N5/c24-19-5-4-6-20(25)18(19)15-31-14-9-17-21(27-23(26)28-22(17)31)30-12-7-16(8-13-30)29-10-2-1-3-11-29/h4-6,9,14,16H,1-3,7-8,10-13,15H2. The monoisotopic (exact) mass is 477 g/mol. The van der Waals surface area contributed by atoms with E-state index in [1.54, 1.807) is 0 Å². The molecule has 0 amide bonds. The zero-order valence-electron chi connectivity index (χ0n) is 17.4. The molecule has 3 aromatic rings. The molecule has 0 N–H and O–H groups in total. The Labute approximate surface area is 197 Å².